The molecule has 2 fully saturated rings. The van der Waals surface area contributed by atoms with E-state index in [4.69, 9.17) is 15.0 Å². The van der Waals surface area contributed by atoms with Gasteiger partial charge in [-0.3, -0.25) is 0 Å². The van der Waals surface area contributed by atoms with Gasteiger partial charge in [0.2, 0.25) is 11.7 Å². The molecule has 3 heterocycles. The summed E-state index contributed by atoms with van der Waals surface area (Å²) in [6, 6.07) is 0.141. The lowest BCUT2D eigenvalue weighted by Crippen LogP contribution is -2.26. The van der Waals surface area contributed by atoms with Crippen LogP contribution in [0.2, 0.25) is 0 Å². The third kappa shape index (κ3) is 1.85. The lowest BCUT2D eigenvalue weighted by Gasteiger charge is -2.08. The van der Waals surface area contributed by atoms with Crippen molar-refractivity contribution in [3.05, 3.63) is 11.7 Å². The molecule has 16 heavy (non-hydrogen) atoms. The maximum absolute atomic E-state index is 5.99. The van der Waals surface area contributed by atoms with Gasteiger partial charge in [0, 0.05) is 24.2 Å². The van der Waals surface area contributed by atoms with Crippen LogP contribution in [0.5, 0.6) is 0 Å². The van der Waals surface area contributed by atoms with Gasteiger partial charge in [0.05, 0.1) is 5.92 Å². The van der Waals surface area contributed by atoms with Gasteiger partial charge >= 0.3 is 0 Å². The van der Waals surface area contributed by atoms with Crippen molar-refractivity contribution < 1.29 is 9.26 Å². The molecule has 3 atom stereocenters. The first kappa shape index (κ1) is 10.6. The summed E-state index contributed by atoms with van der Waals surface area (Å²) in [7, 11) is 0. The molecule has 2 aliphatic heterocycles. The van der Waals surface area contributed by atoms with E-state index in [2.05, 4.69) is 10.1 Å². The van der Waals surface area contributed by atoms with Crippen LogP contribution in [0.25, 0.3) is 0 Å². The van der Waals surface area contributed by atoms with Crippen LogP contribution in [0.3, 0.4) is 0 Å². The van der Waals surface area contributed by atoms with E-state index >= 15 is 0 Å². The monoisotopic (exact) mass is 241 g/mol. The molecule has 2 N–H and O–H groups in total. The fraction of sp³-hybridized carbons (Fsp3) is 0.800. The van der Waals surface area contributed by atoms with Crippen molar-refractivity contribution in [1.29, 1.82) is 0 Å². The number of rotatable bonds is 2. The molecule has 0 radical (unpaired) electrons. The Bertz CT molecular complexity index is 365. The number of aromatic nitrogens is 2. The molecular weight excluding hydrogens is 226 g/mol. The summed E-state index contributed by atoms with van der Waals surface area (Å²) in [5.41, 5.74) is 5.99. The SMILES string of the molecule is NC1CSCC1c1nc(C2CCCO2)no1. The van der Waals surface area contributed by atoms with Gasteiger partial charge in [0.25, 0.3) is 0 Å². The molecule has 0 spiro atoms. The largest absolute Gasteiger partial charge is 0.370 e. The zero-order valence-corrected chi connectivity index (χ0v) is 9.78. The minimum Gasteiger partial charge on any atom is -0.370 e. The molecule has 3 unspecified atom stereocenters. The van der Waals surface area contributed by atoms with E-state index in [9.17, 15) is 0 Å². The topological polar surface area (TPSA) is 74.2 Å². The highest BCUT2D eigenvalue weighted by molar-refractivity contribution is 7.99. The summed E-state index contributed by atoms with van der Waals surface area (Å²) in [5.74, 6) is 3.55. The van der Waals surface area contributed by atoms with Crippen LogP contribution >= 0.6 is 11.8 Å². The van der Waals surface area contributed by atoms with Crippen molar-refractivity contribution in [3.63, 3.8) is 0 Å². The van der Waals surface area contributed by atoms with Crippen LogP contribution in [-0.4, -0.2) is 34.3 Å². The summed E-state index contributed by atoms with van der Waals surface area (Å²) in [4.78, 5) is 4.43. The van der Waals surface area contributed by atoms with Gasteiger partial charge in [0.1, 0.15) is 6.10 Å². The quantitative estimate of drug-likeness (QED) is 0.835. The molecule has 3 rings (SSSR count). The molecule has 2 saturated heterocycles. The van der Waals surface area contributed by atoms with E-state index in [0.29, 0.717) is 11.7 Å². The van der Waals surface area contributed by atoms with Crippen molar-refractivity contribution in [1.82, 2.24) is 10.1 Å². The highest BCUT2D eigenvalue weighted by Gasteiger charge is 2.32. The van der Waals surface area contributed by atoms with E-state index in [1.807, 2.05) is 11.8 Å². The highest BCUT2D eigenvalue weighted by atomic mass is 32.2. The summed E-state index contributed by atoms with van der Waals surface area (Å²) in [6.45, 7) is 0.799. The Morgan fingerprint density at radius 3 is 3.00 bits per heavy atom. The molecule has 6 heteroatoms. The Hall–Kier alpha value is -0.590. The van der Waals surface area contributed by atoms with Crippen LogP contribution in [0.15, 0.2) is 4.52 Å². The van der Waals surface area contributed by atoms with E-state index in [1.165, 1.54) is 0 Å². The Kier molecular flexibility index (Phi) is 2.87. The van der Waals surface area contributed by atoms with Crippen molar-refractivity contribution in [2.24, 2.45) is 5.73 Å². The first-order valence-corrected chi connectivity index (χ1v) is 6.78. The standard InChI is InChI=1S/C10H15N3O2S/c11-7-5-16-4-6(7)10-12-9(13-15-10)8-2-1-3-14-8/h6-8H,1-5,11H2. The minimum atomic E-state index is 0.0304. The van der Waals surface area contributed by atoms with Gasteiger partial charge < -0.3 is 15.0 Å². The smallest absolute Gasteiger partial charge is 0.232 e. The Morgan fingerprint density at radius 1 is 1.38 bits per heavy atom. The predicted octanol–water partition coefficient (Wildman–Crippen LogP) is 1.08. The summed E-state index contributed by atoms with van der Waals surface area (Å²) >= 11 is 1.84. The fourth-order valence-electron chi connectivity index (χ4n) is 2.14. The van der Waals surface area contributed by atoms with Gasteiger partial charge in [-0.1, -0.05) is 5.16 Å². The average molecular weight is 241 g/mol. The van der Waals surface area contributed by atoms with Gasteiger partial charge in [-0.2, -0.15) is 16.7 Å². The zero-order valence-electron chi connectivity index (χ0n) is 8.96. The molecule has 0 bridgehead atoms. The third-order valence-electron chi connectivity index (χ3n) is 3.12. The van der Waals surface area contributed by atoms with Crippen LogP contribution in [0, 0.1) is 0 Å². The number of hydrogen-bond acceptors (Lipinski definition) is 6. The number of hydrogen-bond donors (Lipinski definition) is 1. The molecule has 88 valence electrons. The van der Waals surface area contributed by atoms with Crippen LogP contribution in [0.1, 0.15) is 36.6 Å². The maximum Gasteiger partial charge on any atom is 0.232 e. The normalized spacial score (nSPS) is 34.7. The van der Waals surface area contributed by atoms with E-state index in [0.717, 1.165) is 31.0 Å². The number of thioether (sulfide) groups is 1. The van der Waals surface area contributed by atoms with Crippen molar-refractivity contribution in [2.75, 3.05) is 18.1 Å². The van der Waals surface area contributed by atoms with E-state index in [1.54, 1.807) is 0 Å². The first-order chi connectivity index (χ1) is 7.84. The molecule has 1 aromatic heterocycles. The third-order valence-corrected chi connectivity index (χ3v) is 4.33. The Balaban J connectivity index is 1.76. The van der Waals surface area contributed by atoms with Crippen molar-refractivity contribution >= 4 is 11.8 Å². The van der Waals surface area contributed by atoms with Gasteiger partial charge in [0.15, 0.2) is 0 Å². The summed E-state index contributed by atoms with van der Waals surface area (Å²) in [5, 5.41) is 4.00. The van der Waals surface area contributed by atoms with Crippen molar-refractivity contribution in [3.8, 4) is 0 Å². The molecular formula is C10H15N3O2S. The second kappa shape index (κ2) is 4.35. The maximum atomic E-state index is 5.99. The second-order valence-electron chi connectivity index (χ2n) is 4.30. The Morgan fingerprint density at radius 2 is 2.31 bits per heavy atom. The summed E-state index contributed by atoms with van der Waals surface area (Å²) in [6.07, 6.45) is 2.10. The predicted molar refractivity (Wildman–Crippen MR) is 60.3 cm³/mol. The summed E-state index contributed by atoms with van der Waals surface area (Å²) < 4.78 is 10.8. The highest BCUT2D eigenvalue weighted by Crippen LogP contribution is 2.32. The molecule has 0 aliphatic carbocycles. The van der Waals surface area contributed by atoms with Crippen LogP contribution in [0.4, 0.5) is 0 Å². The molecule has 0 amide bonds. The van der Waals surface area contributed by atoms with E-state index in [-0.39, 0.29) is 18.1 Å². The Labute approximate surface area is 98.1 Å². The molecule has 0 aromatic carbocycles. The average Bonchev–Trinajstić information content (AvgIpc) is 2.96. The van der Waals surface area contributed by atoms with Crippen LogP contribution < -0.4 is 5.73 Å². The molecule has 5 nitrogen and oxygen atoms in total. The second-order valence-corrected chi connectivity index (χ2v) is 5.38. The zero-order chi connectivity index (χ0) is 11.0. The lowest BCUT2D eigenvalue weighted by molar-refractivity contribution is 0.103. The van der Waals surface area contributed by atoms with Gasteiger partial charge in [-0.15, -0.1) is 0 Å². The van der Waals surface area contributed by atoms with E-state index < -0.39 is 0 Å². The molecule has 1 aromatic rings. The first-order valence-electron chi connectivity index (χ1n) is 5.63. The van der Waals surface area contributed by atoms with Crippen molar-refractivity contribution in [2.45, 2.75) is 30.9 Å². The number of nitrogens with two attached hydrogens (primary N) is 1. The minimum absolute atomic E-state index is 0.0304. The molecule has 2 aliphatic rings. The number of ether oxygens (including phenoxy) is 1. The molecule has 0 saturated carbocycles. The van der Waals surface area contributed by atoms with Gasteiger partial charge in [-0.25, -0.2) is 0 Å². The number of nitrogens with zero attached hydrogens (tertiary/aromatic N) is 2. The fourth-order valence-corrected chi connectivity index (χ4v) is 3.42. The van der Waals surface area contributed by atoms with Gasteiger partial charge in [-0.05, 0) is 12.8 Å². The van der Waals surface area contributed by atoms with Crippen LogP contribution in [-0.2, 0) is 4.74 Å². The lowest BCUT2D eigenvalue weighted by atomic mass is 10.1.